The van der Waals surface area contributed by atoms with Crippen LogP contribution in [0.25, 0.3) is 0 Å². The first kappa shape index (κ1) is 14.5. The van der Waals surface area contributed by atoms with E-state index in [4.69, 9.17) is 5.14 Å². The topological polar surface area (TPSA) is 117 Å². The van der Waals surface area contributed by atoms with E-state index in [1.54, 1.807) is 18.5 Å². The van der Waals surface area contributed by atoms with Gasteiger partial charge in [-0.05, 0) is 25.3 Å². The molecule has 9 heteroatoms. The number of rotatable bonds is 7. The summed E-state index contributed by atoms with van der Waals surface area (Å²) < 4.78 is 24.4. The number of sulfonamides is 1. The number of hydrogen-bond donors (Lipinski definition) is 1. The van der Waals surface area contributed by atoms with E-state index in [1.165, 1.54) is 17.3 Å². The van der Waals surface area contributed by atoms with E-state index in [1.807, 2.05) is 0 Å². The average Bonchev–Trinajstić information content (AvgIpc) is 2.92. The molecule has 0 aliphatic carbocycles. The largest absolute Gasteiger partial charge is 0.241 e. The van der Waals surface area contributed by atoms with Crippen LogP contribution in [-0.2, 0) is 16.4 Å². The highest BCUT2D eigenvalue weighted by Gasteiger charge is 2.23. The second kappa shape index (κ2) is 6.53. The van der Waals surface area contributed by atoms with Crippen molar-refractivity contribution in [2.75, 3.05) is 0 Å². The molecule has 1 unspecified atom stereocenters. The normalized spacial score (nSPS) is 13.2. The lowest BCUT2D eigenvalue weighted by Crippen LogP contribution is -2.27. The molecule has 0 aromatic carbocycles. The zero-order valence-electron chi connectivity index (χ0n) is 10.8. The predicted molar refractivity (Wildman–Crippen MR) is 71.8 cm³/mol. The van der Waals surface area contributed by atoms with E-state index >= 15 is 0 Å². The van der Waals surface area contributed by atoms with Crippen LogP contribution in [0.5, 0.6) is 0 Å². The van der Waals surface area contributed by atoms with Crippen molar-refractivity contribution in [3.63, 3.8) is 0 Å². The van der Waals surface area contributed by atoms with Crippen molar-refractivity contribution in [1.82, 2.24) is 24.7 Å². The highest BCUT2D eigenvalue weighted by Crippen LogP contribution is 2.18. The van der Waals surface area contributed by atoms with Gasteiger partial charge in [-0.25, -0.2) is 33.2 Å². The smallest absolute Gasteiger partial charge is 0.232 e. The van der Waals surface area contributed by atoms with Crippen LogP contribution in [0.1, 0.15) is 30.5 Å². The van der Waals surface area contributed by atoms with Gasteiger partial charge in [0.15, 0.2) is 5.37 Å². The number of primary sulfonamides is 1. The van der Waals surface area contributed by atoms with E-state index in [2.05, 4.69) is 20.1 Å². The molecule has 2 rings (SSSR count). The van der Waals surface area contributed by atoms with Crippen molar-refractivity contribution in [2.24, 2.45) is 5.14 Å². The van der Waals surface area contributed by atoms with Gasteiger partial charge in [0.2, 0.25) is 10.0 Å². The summed E-state index contributed by atoms with van der Waals surface area (Å²) >= 11 is 0. The minimum Gasteiger partial charge on any atom is -0.241 e. The maximum Gasteiger partial charge on any atom is 0.232 e. The fourth-order valence-electron chi connectivity index (χ4n) is 1.87. The molecule has 0 fully saturated rings. The van der Waals surface area contributed by atoms with Crippen LogP contribution in [0.15, 0.2) is 31.1 Å². The highest BCUT2D eigenvalue weighted by atomic mass is 32.2. The maximum absolute atomic E-state index is 11.6. The number of unbranched alkanes of at least 4 members (excludes halogenated alkanes) is 1. The molecular weight excluding hydrogens is 280 g/mol. The van der Waals surface area contributed by atoms with Crippen LogP contribution >= 0.6 is 0 Å². The van der Waals surface area contributed by atoms with E-state index in [9.17, 15) is 8.42 Å². The zero-order valence-corrected chi connectivity index (χ0v) is 11.6. The van der Waals surface area contributed by atoms with Crippen LogP contribution in [-0.4, -0.2) is 33.2 Å². The summed E-state index contributed by atoms with van der Waals surface area (Å²) in [6.45, 7) is 0. The molecule has 108 valence electrons. The molecule has 2 aromatic rings. The van der Waals surface area contributed by atoms with Crippen molar-refractivity contribution in [3.05, 3.63) is 36.9 Å². The molecule has 0 spiro atoms. The Hall–Kier alpha value is -1.87. The lowest BCUT2D eigenvalue weighted by Gasteiger charge is -2.14. The second-order valence-electron chi connectivity index (χ2n) is 4.33. The Kier molecular flexibility index (Phi) is 4.74. The van der Waals surface area contributed by atoms with Crippen LogP contribution in [0.3, 0.4) is 0 Å². The molecule has 0 radical (unpaired) electrons. The van der Waals surface area contributed by atoms with Gasteiger partial charge < -0.3 is 0 Å². The highest BCUT2D eigenvalue weighted by molar-refractivity contribution is 7.89. The Morgan fingerprint density at radius 2 is 2.00 bits per heavy atom. The molecule has 0 aliphatic rings. The Bertz CT molecular complexity index is 614. The summed E-state index contributed by atoms with van der Waals surface area (Å²) in [7, 11) is -3.70. The Balaban J connectivity index is 1.87. The van der Waals surface area contributed by atoms with Gasteiger partial charge in [0.05, 0.1) is 0 Å². The molecule has 0 saturated heterocycles. The summed E-state index contributed by atoms with van der Waals surface area (Å²) in [4.78, 5) is 12.0. The van der Waals surface area contributed by atoms with Gasteiger partial charge in [-0.1, -0.05) is 0 Å². The monoisotopic (exact) mass is 296 g/mol. The van der Waals surface area contributed by atoms with Crippen molar-refractivity contribution >= 4 is 10.0 Å². The van der Waals surface area contributed by atoms with Gasteiger partial charge in [0.1, 0.15) is 18.5 Å². The lowest BCUT2D eigenvalue weighted by atomic mass is 10.2. The molecule has 0 bridgehead atoms. The van der Waals surface area contributed by atoms with Crippen LogP contribution < -0.4 is 5.14 Å². The molecule has 8 nitrogen and oxygen atoms in total. The first-order chi connectivity index (χ1) is 9.57. The number of hydrogen-bond acceptors (Lipinski definition) is 6. The van der Waals surface area contributed by atoms with Gasteiger partial charge >= 0.3 is 0 Å². The fraction of sp³-hybridized carbons (Fsp3) is 0.455. The number of aryl methyl sites for hydroxylation is 1. The van der Waals surface area contributed by atoms with E-state index in [-0.39, 0.29) is 0 Å². The second-order valence-corrected chi connectivity index (χ2v) is 6.05. The summed E-state index contributed by atoms with van der Waals surface area (Å²) in [5.41, 5.74) is 0. The van der Waals surface area contributed by atoms with E-state index < -0.39 is 15.4 Å². The fourth-order valence-corrected chi connectivity index (χ4v) is 2.78. The molecular formula is C11H16N6O2S. The number of nitrogens with two attached hydrogens (primary N) is 1. The Morgan fingerprint density at radius 1 is 1.25 bits per heavy atom. The first-order valence-corrected chi connectivity index (χ1v) is 7.80. The maximum atomic E-state index is 11.6. The summed E-state index contributed by atoms with van der Waals surface area (Å²) in [5, 5.41) is 8.19. The minimum absolute atomic E-state index is 0.384. The predicted octanol–water partition coefficient (Wildman–Crippen LogP) is 0.268. The standard InChI is InChI=1S/C11H16N6O2S/c12-20(18,19)11(17-9-13-8-16-17)5-2-1-4-10-14-6-3-7-15-10/h3,6-9,11H,1-2,4-5H2,(H2,12,18,19). The van der Waals surface area contributed by atoms with Gasteiger partial charge in [0.25, 0.3) is 0 Å². The summed E-state index contributed by atoms with van der Waals surface area (Å²) in [5.74, 6) is 0.750. The SMILES string of the molecule is NS(=O)(=O)C(CCCCc1ncccn1)n1cncn1. The van der Waals surface area contributed by atoms with Crippen molar-refractivity contribution in [3.8, 4) is 0 Å². The van der Waals surface area contributed by atoms with Gasteiger partial charge in [0, 0.05) is 18.8 Å². The summed E-state index contributed by atoms with van der Waals surface area (Å²) in [6.07, 6.45) is 8.57. The quantitative estimate of drug-likeness (QED) is 0.733. The molecule has 20 heavy (non-hydrogen) atoms. The molecule has 2 aromatic heterocycles. The number of nitrogens with zero attached hydrogens (tertiary/aromatic N) is 5. The Labute approximate surface area is 117 Å². The molecule has 2 heterocycles. The zero-order chi connectivity index (χ0) is 14.4. The van der Waals surface area contributed by atoms with Crippen molar-refractivity contribution in [2.45, 2.75) is 31.1 Å². The van der Waals surface area contributed by atoms with Crippen molar-refractivity contribution in [1.29, 1.82) is 0 Å². The average molecular weight is 296 g/mol. The van der Waals surface area contributed by atoms with E-state index in [0.29, 0.717) is 19.3 Å². The number of aromatic nitrogens is 5. The van der Waals surface area contributed by atoms with Crippen LogP contribution in [0.4, 0.5) is 0 Å². The third kappa shape index (κ3) is 4.07. The minimum atomic E-state index is -3.70. The molecule has 0 saturated carbocycles. The Morgan fingerprint density at radius 3 is 2.60 bits per heavy atom. The third-order valence-electron chi connectivity index (χ3n) is 2.83. The molecule has 0 aliphatic heterocycles. The third-order valence-corrected chi connectivity index (χ3v) is 4.04. The molecule has 0 amide bonds. The van der Waals surface area contributed by atoms with E-state index in [0.717, 1.165) is 12.2 Å². The van der Waals surface area contributed by atoms with Crippen LogP contribution in [0, 0.1) is 0 Å². The van der Waals surface area contributed by atoms with Gasteiger partial charge in [-0.3, -0.25) is 0 Å². The van der Waals surface area contributed by atoms with Gasteiger partial charge in [-0.2, -0.15) is 5.10 Å². The van der Waals surface area contributed by atoms with Crippen LogP contribution in [0.2, 0.25) is 0 Å². The lowest BCUT2D eigenvalue weighted by molar-refractivity contribution is 0.481. The van der Waals surface area contributed by atoms with Crippen molar-refractivity contribution < 1.29 is 8.42 Å². The molecule has 2 N–H and O–H groups in total. The summed E-state index contributed by atoms with van der Waals surface area (Å²) in [6, 6.07) is 1.76. The molecule has 1 atom stereocenters. The first-order valence-electron chi connectivity index (χ1n) is 6.19. The van der Waals surface area contributed by atoms with Gasteiger partial charge in [-0.15, -0.1) is 0 Å².